The molecule has 0 aliphatic heterocycles. The summed E-state index contributed by atoms with van der Waals surface area (Å²) >= 11 is 0. The van der Waals surface area contributed by atoms with E-state index in [1.165, 1.54) is 0 Å². The number of aromatic nitrogens is 4. The van der Waals surface area contributed by atoms with Gasteiger partial charge in [-0.1, -0.05) is 13.0 Å². The topological polar surface area (TPSA) is 102 Å². The minimum atomic E-state index is 0.0701. The van der Waals surface area contributed by atoms with Gasteiger partial charge in [0.1, 0.15) is 11.6 Å². The first-order valence-electron chi connectivity index (χ1n) is 8.21. The molecule has 0 spiro atoms. The average Bonchev–Trinajstić information content (AvgIpc) is 3.06. The Kier molecular flexibility index (Phi) is 4.95. The van der Waals surface area contributed by atoms with Crippen molar-refractivity contribution < 1.29 is 5.11 Å². The molecule has 0 bridgehead atoms. The van der Waals surface area contributed by atoms with Gasteiger partial charge in [0.05, 0.1) is 11.8 Å². The van der Waals surface area contributed by atoms with Crippen LogP contribution < -0.4 is 11.1 Å². The van der Waals surface area contributed by atoms with E-state index in [2.05, 4.69) is 20.4 Å². The van der Waals surface area contributed by atoms with Gasteiger partial charge in [0.15, 0.2) is 5.82 Å². The van der Waals surface area contributed by atoms with Crippen LogP contribution in [0.3, 0.4) is 0 Å². The number of aryl methyl sites for hydroxylation is 1. The van der Waals surface area contributed by atoms with Crippen molar-refractivity contribution >= 4 is 5.82 Å². The summed E-state index contributed by atoms with van der Waals surface area (Å²) in [6, 6.07) is 7.21. The minimum absolute atomic E-state index is 0.0701. The lowest BCUT2D eigenvalue weighted by Crippen LogP contribution is -2.28. The molecule has 0 saturated carbocycles. The number of hydrogen-bond donors (Lipinski definition) is 3. The minimum Gasteiger partial charge on any atom is -0.507 e. The first-order valence-corrected chi connectivity index (χ1v) is 8.21. The molecule has 130 valence electrons. The third-order valence-corrected chi connectivity index (χ3v) is 4.00. The molecule has 0 amide bonds. The van der Waals surface area contributed by atoms with E-state index < -0.39 is 0 Å². The normalized spacial score (nSPS) is 12.1. The van der Waals surface area contributed by atoms with Crippen molar-refractivity contribution in [3.05, 3.63) is 42.9 Å². The summed E-state index contributed by atoms with van der Waals surface area (Å²) in [4.78, 5) is 8.79. The van der Waals surface area contributed by atoms with Crippen LogP contribution in [0.5, 0.6) is 5.75 Å². The predicted molar refractivity (Wildman–Crippen MR) is 98.1 cm³/mol. The quantitative estimate of drug-likeness (QED) is 0.638. The summed E-state index contributed by atoms with van der Waals surface area (Å²) < 4.78 is 1.74. The number of phenolic OH excluding ortho intramolecular Hbond substituents is 1. The first-order chi connectivity index (χ1) is 12.1. The molecule has 2 heterocycles. The molecule has 0 unspecified atom stereocenters. The van der Waals surface area contributed by atoms with Gasteiger partial charge >= 0.3 is 0 Å². The summed E-state index contributed by atoms with van der Waals surface area (Å²) in [6.45, 7) is 2.67. The smallest absolute Gasteiger partial charge is 0.165 e. The monoisotopic (exact) mass is 338 g/mol. The number of aromatic hydroxyl groups is 1. The number of nitrogens with zero attached hydrogens (tertiary/aromatic N) is 4. The van der Waals surface area contributed by atoms with Gasteiger partial charge in [-0.3, -0.25) is 4.68 Å². The zero-order chi connectivity index (χ0) is 17.8. The van der Waals surface area contributed by atoms with Gasteiger partial charge in [-0.15, -0.1) is 0 Å². The molecule has 0 fully saturated rings. The zero-order valence-electron chi connectivity index (χ0n) is 14.3. The fourth-order valence-corrected chi connectivity index (χ4v) is 2.43. The molecule has 1 aromatic carbocycles. The summed E-state index contributed by atoms with van der Waals surface area (Å²) in [7, 11) is 1.87. The summed E-state index contributed by atoms with van der Waals surface area (Å²) in [5.74, 6) is 1.27. The van der Waals surface area contributed by atoms with Crippen LogP contribution in [0.15, 0.2) is 42.9 Å². The summed E-state index contributed by atoms with van der Waals surface area (Å²) in [5, 5.41) is 17.6. The van der Waals surface area contributed by atoms with E-state index in [-0.39, 0.29) is 11.8 Å². The Bertz CT molecular complexity index is 860. The van der Waals surface area contributed by atoms with Gasteiger partial charge in [0.2, 0.25) is 0 Å². The fourth-order valence-electron chi connectivity index (χ4n) is 2.43. The molecule has 7 heteroatoms. The number of phenols is 1. The fraction of sp³-hybridized carbons (Fsp3) is 0.278. The summed E-state index contributed by atoms with van der Waals surface area (Å²) in [6.07, 6.45) is 6.25. The predicted octanol–water partition coefficient (Wildman–Crippen LogP) is 2.40. The van der Waals surface area contributed by atoms with Crippen LogP contribution in [0.4, 0.5) is 5.82 Å². The molecule has 2 aromatic heterocycles. The number of nitrogens with one attached hydrogen (secondary N) is 1. The molecule has 3 aromatic rings. The Morgan fingerprint density at radius 3 is 2.84 bits per heavy atom. The van der Waals surface area contributed by atoms with Crippen molar-refractivity contribution in [1.29, 1.82) is 0 Å². The van der Waals surface area contributed by atoms with Crippen LogP contribution >= 0.6 is 0 Å². The van der Waals surface area contributed by atoms with Gasteiger partial charge in [-0.2, -0.15) is 5.10 Å². The van der Waals surface area contributed by atoms with Crippen LogP contribution in [0.2, 0.25) is 0 Å². The average molecular weight is 338 g/mol. The maximum absolute atomic E-state index is 10.2. The highest BCUT2D eigenvalue weighted by Gasteiger charge is 2.11. The van der Waals surface area contributed by atoms with Gasteiger partial charge in [0.25, 0.3) is 0 Å². The third-order valence-electron chi connectivity index (χ3n) is 4.00. The molecular weight excluding hydrogens is 316 g/mol. The Labute approximate surface area is 146 Å². The zero-order valence-corrected chi connectivity index (χ0v) is 14.3. The van der Waals surface area contributed by atoms with E-state index in [0.717, 1.165) is 17.5 Å². The molecule has 1 atom stereocenters. The Morgan fingerprint density at radius 2 is 2.12 bits per heavy atom. The molecule has 7 nitrogen and oxygen atoms in total. The lowest BCUT2D eigenvalue weighted by molar-refractivity contribution is 0.477. The van der Waals surface area contributed by atoms with Crippen molar-refractivity contribution in [2.24, 2.45) is 12.8 Å². The van der Waals surface area contributed by atoms with Gasteiger partial charge in [0, 0.05) is 37.6 Å². The van der Waals surface area contributed by atoms with E-state index >= 15 is 0 Å². The second-order valence-electron chi connectivity index (χ2n) is 5.95. The molecular formula is C18H22N6O. The number of hydrogen-bond acceptors (Lipinski definition) is 6. The van der Waals surface area contributed by atoms with E-state index in [1.54, 1.807) is 29.2 Å². The molecule has 25 heavy (non-hydrogen) atoms. The maximum atomic E-state index is 10.2. The molecule has 0 saturated heterocycles. The lowest BCUT2D eigenvalue weighted by atomic mass is 10.0. The van der Waals surface area contributed by atoms with Crippen LogP contribution in [0, 0.1) is 0 Å². The maximum Gasteiger partial charge on any atom is 0.165 e. The lowest BCUT2D eigenvalue weighted by Gasteiger charge is -2.12. The highest BCUT2D eigenvalue weighted by atomic mass is 16.3. The number of anilines is 1. The van der Waals surface area contributed by atoms with Crippen LogP contribution in [0.1, 0.15) is 13.3 Å². The van der Waals surface area contributed by atoms with Gasteiger partial charge in [-0.05, 0) is 30.2 Å². The Morgan fingerprint density at radius 1 is 1.28 bits per heavy atom. The van der Waals surface area contributed by atoms with Crippen molar-refractivity contribution in [2.75, 3.05) is 11.9 Å². The van der Waals surface area contributed by atoms with Crippen molar-refractivity contribution in [3.63, 3.8) is 0 Å². The van der Waals surface area contributed by atoms with Crippen LogP contribution in [-0.4, -0.2) is 37.4 Å². The van der Waals surface area contributed by atoms with E-state index in [0.29, 0.717) is 23.8 Å². The standard InChI is InChI=1S/C18H22N6O/c1-3-14(19)10-21-17-6-7-20-18(23-17)15-8-12(4-5-16(15)25)13-9-22-24(2)11-13/h4-9,11,14,25H,3,10,19H2,1-2H3,(H,20,21,23)/t14-/m0/s1. The second-order valence-corrected chi connectivity index (χ2v) is 5.95. The molecule has 0 aliphatic carbocycles. The van der Waals surface area contributed by atoms with Crippen LogP contribution in [0.25, 0.3) is 22.5 Å². The molecule has 3 rings (SSSR count). The van der Waals surface area contributed by atoms with Crippen molar-refractivity contribution in [1.82, 2.24) is 19.7 Å². The third kappa shape index (κ3) is 3.95. The summed E-state index contributed by atoms with van der Waals surface area (Å²) in [5.41, 5.74) is 8.41. The SMILES string of the molecule is CC[C@H](N)CNc1ccnc(-c2cc(-c3cnn(C)c3)ccc2O)n1. The Balaban J connectivity index is 1.90. The number of nitrogens with two attached hydrogens (primary N) is 1. The van der Waals surface area contributed by atoms with Crippen molar-refractivity contribution in [3.8, 4) is 28.3 Å². The van der Waals surface area contributed by atoms with Crippen LogP contribution in [-0.2, 0) is 7.05 Å². The number of benzene rings is 1. The molecule has 0 aliphatic rings. The number of rotatable bonds is 6. The largest absolute Gasteiger partial charge is 0.507 e. The Hall–Kier alpha value is -2.93. The van der Waals surface area contributed by atoms with Gasteiger partial charge in [-0.25, -0.2) is 9.97 Å². The van der Waals surface area contributed by atoms with E-state index in [1.807, 2.05) is 32.3 Å². The van der Waals surface area contributed by atoms with Gasteiger partial charge < -0.3 is 16.2 Å². The second kappa shape index (κ2) is 7.31. The first kappa shape index (κ1) is 16.9. The molecule has 0 radical (unpaired) electrons. The van der Waals surface area contributed by atoms with Crippen molar-refractivity contribution in [2.45, 2.75) is 19.4 Å². The molecule has 4 N–H and O–H groups in total. The van der Waals surface area contributed by atoms with E-state index in [4.69, 9.17) is 5.73 Å². The highest BCUT2D eigenvalue weighted by Crippen LogP contribution is 2.31. The highest BCUT2D eigenvalue weighted by molar-refractivity contribution is 5.74. The van der Waals surface area contributed by atoms with E-state index in [9.17, 15) is 5.11 Å².